The Balaban J connectivity index is 1.64. The standard InChI is InChI=1S/C31H26F5N3O3S/c1-43(41,42)38-30-25(32)18-22(19-26(30)33)20-39(24-10-6-3-7-11-24)29(40)17-14-23-13-16-28(31(34,35)36)37-27(23)15-12-21-8-4-2-5-9-21/h2-11,13-14,16-19,38H,12,15,20H2,1H3. The van der Waals surface area contributed by atoms with Gasteiger partial charge in [0.15, 0.2) is 11.6 Å². The lowest BCUT2D eigenvalue weighted by Gasteiger charge is -2.22. The highest BCUT2D eigenvalue weighted by molar-refractivity contribution is 7.92. The number of amides is 1. The van der Waals surface area contributed by atoms with E-state index in [4.69, 9.17) is 0 Å². The molecule has 1 amide bonds. The minimum Gasteiger partial charge on any atom is -0.304 e. The highest BCUT2D eigenvalue weighted by Crippen LogP contribution is 2.29. The largest absolute Gasteiger partial charge is 0.433 e. The maximum absolute atomic E-state index is 14.6. The van der Waals surface area contributed by atoms with Gasteiger partial charge in [0.05, 0.1) is 12.8 Å². The van der Waals surface area contributed by atoms with Crippen LogP contribution in [0.3, 0.4) is 0 Å². The Bertz CT molecular complexity index is 1710. The molecule has 4 aromatic rings. The molecule has 0 unspecified atom stereocenters. The minimum atomic E-state index is -4.65. The summed E-state index contributed by atoms with van der Waals surface area (Å²) >= 11 is 0. The topological polar surface area (TPSA) is 79.4 Å². The molecule has 1 aromatic heterocycles. The van der Waals surface area contributed by atoms with Crippen LogP contribution in [0, 0.1) is 11.6 Å². The number of benzene rings is 3. The van der Waals surface area contributed by atoms with Gasteiger partial charge in [0.25, 0.3) is 5.91 Å². The van der Waals surface area contributed by atoms with Crippen LogP contribution in [-0.4, -0.2) is 25.6 Å². The van der Waals surface area contributed by atoms with E-state index in [1.54, 1.807) is 35.1 Å². The molecular weight excluding hydrogens is 589 g/mol. The van der Waals surface area contributed by atoms with E-state index in [2.05, 4.69) is 4.98 Å². The van der Waals surface area contributed by atoms with Crippen molar-refractivity contribution in [3.05, 3.63) is 131 Å². The second-order valence-electron chi connectivity index (χ2n) is 9.62. The molecule has 0 aliphatic carbocycles. The predicted molar refractivity (Wildman–Crippen MR) is 155 cm³/mol. The summed E-state index contributed by atoms with van der Waals surface area (Å²) < 4.78 is 94.3. The van der Waals surface area contributed by atoms with Crippen molar-refractivity contribution in [2.24, 2.45) is 0 Å². The van der Waals surface area contributed by atoms with Gasteiger partial charge in [-0.15, -0.1) is 0 Å². The molecule has 1 heterocycles. The lowest BCUT2D eigenvalue weighted by molar-refractivity contribution is -0.141. The normalized spacial score (nSPS) is 12.0. The Labute approximate surface area is 245 Å². The van der Waals surface area contributed by atoms with Crippen LogP contribution in [0.15, 0.2) is 91.0 Å². The monoisotopic (exact) mass is 615 g/mol. The zero-order chi connectivity index (χ0) is 31.2. The van der Waals surface area contributed by atoms with Gasteiger partial charge in [-0.1, -0.05) is 54.6 Å². The van der Waals surface area contributed by atoms with Gasteiger partial charge in [-0.05, 0) is 65.9 Å². The fraction of sp³-hybridized carbons (Fsp3) is 0.161. The van der Waals surface area contributed by atoms with Crippen molar-refractivity contribution in [3.8, 4) is 0 Å². The van der Waals surface area contributed by atoms with Crippen molar-refractivity contribution in [2.45, 2.75) is 25.6 Å². The molecule has 0 radical (unpaired) electrons. The molecule has 224 valence electrons. The third-order valence-electron chi connectivity index (χ3n) is 6.26. The molecule has 0 fully saturated rings. The number of rotatable bonds is 10. The summed E-state index contributed by atoms with van der Waals surface area (Å²) in [5, 5.41) is 0. The van der Waals surface area contributed by atoms with Crippen molar-refractivity contribution in [1.82, 2.24) is 4.98 Å². The number of alkyl halides is 3. The van der Waals surface area contributed by atoms with E-state index in [-0.39, 0.29) is 24.2 Å². The average molecular weight is 616 g/mol. The van der Waals surface area contributed by atoms with Gasteiger partial charge in [-0.3, -0.25) is 9.52 Å². The molecule has 43 heavy (non-hydrogen) atoms. The molecule has 6 nitrogen and oxygen atoms in total. The number of sulfonamides is 1. The number of nitrogens with one attached hydrogen (secondary N) is 1. The molecular formula is C31H26F5N3O3S. The van der Waals surface area contributed by atoms with Crippen molar-refractivity contribution in [1.29, 1.82) is 0 Å². The van der Waals surface area contributed by atoms with E-state index in [0.717, 1.165) is 36.1 Å². The lowest BCUT2D eigenvalue weighted by atomic mass is 10.0. The van der Waals surface area contributed by atoms with Crippen LogP contribution in [0.4, 0.5) is 33.3 Å². The molecule has 12 heteroatoms. The number of anilines is 2. The quantitative estimate of drug-likeness (QED) is 0.158. The lowest BCUT2D eigenvalue weighted by Crippen LogP contribution is -2.29. The van der Waals surface area contributed by atoms with E-state index in [0.29, 0.717) is 17.7 Å². The number of halogens is 5. The number of carbonyl (C=O) groups excluding carboxylic acids is 1. The van der Waals surface area contributed by atoms with E-state index in [9.17, 15) is 35.2 Å². The van der Waals surface area contributed by atoms with Crippen LogP contribution >= 0.6 is 0 Å². The molecule has 3 aromatic carbocycles. The van der Waals surface area contributed by atoms with Crippen molar-refractivity contribution in [3.63, 3.8) is 0 Å². The van der Waals surface area contributed by atoms with Crippen LogP contribution in [0.1, 0.15) is 28.1 Å². The summed E-state index contributed by atoms with van der Waals surface area (Å²) in [5.74, 6) is -2.97. The van der Waals surface area contributed by atoms with Crippen LogP contribution in [0.2, 0.25) is 0 Å². The Kier molecular flexibility index (Phi) is 9.59. The average Bonchev–Trinajstić information content (AvgIpc) is 2.95. The fourth-order valence-electron chi connectivity index (χ4n) is 4.27. The van der Waals surface area contributed by atoms with E-state index >= 15 is 0 Å². The Hall–Kier alpha value is -4.58. The molecule has 0 saturated carbocycles. The third-order valence-corrected chi connectivity index (χ3v) is 6.84. The molecule has 0 bridgehead atoms. The molecule has 0 aliphatic rings. The van der Waals surface area contributed by atoms with Gasteiger partial charge < -0.3 is 4.90 Å². The molecule has 0 spiro atoms. The number of aryl methyl sites for hydroxylation is 2. The number of pyridine rings is 1. The second-order valence-corrected chi connectivity index (χ2v) is 11.4. The van der Waals surface area contributed by atoms with Crippen LogP contribution in [-0.2, 0) is 40.4 Å². The summed E-state index contributed by atoms with van der Waals surface area (Å²) in [6.45, 7) is -0.299. The van der Waals surface area contributed by atoms with E-state index in [1.165, 1.54) is 17.0 Å². The zero-order valence-corrected chi connectivity index (χ0v) is 23.6. The Morgan fingerprint density at radius 1 is 0.884 bits per heavy atom. The van der Waals surface area contributed by atoms with Gasteiger partial charge in [0.1, 0.15) is 11.4 Å². The number of hydrogen-bond donors (Lipinski definition) is 1. The van der Waals surface area contributed by atoms with Crippen LogP contribution in [0.25, 0.3) is 6.08 Å². The van der Waals surface area contributed by atoms with Crippen molar-refractivity contribution < 1.29 is 35.2 Å². The molecule has 1 N–H and O–H groups in total. The van der Waals surface area contributed by atoms with Crippen molar-refractivity contribution >= 4 is 33.4 Å². The zero-order valence-electron chi connectivity index (χ0n) is 22.8. The van der Waals surface area contributed by atoms with Gasteiger partial charge >= 0.3 is 6.18 Å². The first-order valence-corrected chi connectivity index (χ1v) is 14.8. The Morgan fingerprint density at radius 3 is 2.07 bits per heavy atom. The second kappa shape index (κ2) is 13.2. The third kappa shape index (κ3) is 8.71. The fourth-order valence-corrected chi connectivity index (χ4v) is 4.83. The van der Waals surface area contributed by atoms with Gasteiger partial charge in [0, 0.05) is 17.5 Å². The number of carbonyl (C=O) groups is 1. The smallest absolute Gasteiger partial charge is 0.304 e. The summed E-state index contributed by atoms with van der Waals surface area (Å²) in [7, 11) is -3.95. The summed E-state index contributed by atoms with van der Waals surface area (Å²) in [6, 6.07) is 21.3. The summed E-state index contributed by atoms with van der Waals surface area (Å²) in [5.41, 5.74) is -0.138. The molecule has 0 atom stereocenters. The molecule has 0 saturated heterocycles. The highest BCUT2D eigenvalue weighted by Gasteiger charge is 2.33. The summed E-state index contributed by atoms with van der Waals surface area (Å²) in [6.07, 6.45) is -0.804. The maximum Gasteiger partial charge on any atom is 0.433 e. The van der Waals surface area contributed by atoms with Gasteiger partial charge in [-0.25, -0.2) is 22.2 Å². The number of hydrogen-bond acceptors (Lipinski definition) is 4. The Morgan fingerprint density at radius 2 is 1.49 bits per heavy atom. The summed E-state index contributed by atoms with van der Waals surface area (Å²) in [4.78, 5) is 18.5. The predicted octanol–water partition coefficient (Wildman–Crippen LogP) is 6.78. The van der Waals surface area contributed by atoms with E-state index in [1.807, 2.05) is 30.3 Å². The number of para-hydroxylation sites is 1. The highest BCUT2D eigenvalue weighted by atomic mass is 32.2. The SMILES string of the molecule is CS(=O)(=O)Nc1c(F)cc(CN(C(=O)C=Cc2ccc(C(F)(F)F)nc2CCc2ccccc2)c2ccccc2)cc1F. The van der Waals surface area contributed by atoms with Crippen molar-refractivity contribution in [2.75, 3.05) is 15.9 Å². The van der Waals surface area contributed by atoms with E-state index < -0.39 is 45.1 Å². The van der Waals surface area contributed by atoms with Crippen LogP contribution in [0.5, 0.6) is 0 Å². The van der Waals surface area contributed by atoms with Gasteiger partial charge in [-0.2, -0.15) is 13.2 Å². The first kappa shape index (κ1) is 31.4. The number of aromatic nitrogens is 1. The maximum atomic E-state index is 14.6. The first-order valence-electron chi connectivity index (χ1n) is 12.9. The minimum absolute atomic E-state index is 0.0272. The molecule has 0 aliphatic heterocycles. The molecule has 4 rings (SSSR count). The van der Waals surface area contributed by atoms with Gasteiger partial charge in [0.2, 0.25) is 10.0 Å². The number of nitrogens with zero attached hydrogens (tertiary/aromatic N) is 2. The first-order chi connectivity index (χ1) is 20.3. The van der Waals surface area contributed by atoms with Crippen LogP contribution < -0.4 is 9.62 Å².